The molecule has 0 saturated heterocycles. The Labute approximate surface area is 77.5 Å². The molecule has 74 valence electrons. The van der Waals surface area contributed by atoms with Crippen LogP contribution in [0.3, 0.4) is 0 Å². The summed E-state index contributed by atoms with van der Waals surface area (Å²) in [5.74, 6) is -2.18. The molecule has 0 aliphatic carbocycles. The number of aromatic hydroxyl groups is 1. The zero-order valence-electron chi connectivity index (χ0n) is 6.80. The van der Waals surface area contributed by atoms with Gasteiger partial charge in [0.15, 0.2) is 11.4 Å². The number of carbonyl (C=O) groups is 1. The van der Waals surface area contributed by atoms with Crippen LogP contribution < -0.4 is 5.73 Å². The maximum atomic E-state index is 10.5. The van der Waals surface area contributed by atoms with Gasteiger partial charge in [0.2, 0.25) is 0 Å². The van der Waals surface area contributed by atoms with Gasteiger partial charge in [-0.3, -0.25) is 10.1 Å². The fourth-order valence-corrected chi connectivity index (χ4v) is 0.929. The van der Waals surface area contributed by atoms with E-state index in [1.54, 1.807) is 0 Å². The van der Waals surface area contributed by atoms with Crippen LogP contribution >= 0.6 is 0 Å². The maximum Gasteiger partial charge on any atom is 0.339 e. The van der Waals surface area contributed by atoms with Gasteiger partial charge in [0.25, 0.3) is 5.69 Å². The lowest BCUT2D eigenvalue weighted by Crippen LogP contribution is -2.02. The molecule has 0 aliphatic rings. The molecule has 7 nitrogen and oxygen atoms in total. The number of aromatic carboxylic acids is 1. The normalized spacial score (nSPS) is 9.71. The average molecular weight is 198 g/mol. The summed E-state index contributed by atoms with van der Waals surface area (Å²) in [6, 6.07) is 1.85. The monoisotopic (exact) mass is 198 g/mol. The number of nitro groups is 1. The SMILES string of the molecule is Nc1c([N+](=O)[O-])ccc(C(=O)O)c1O. The highest BCUT2D eigenvalue weighted by atomic mass is 16.6. The predicted molar refractivity (Wildman–Crippen MR) is 46.1 cm³/mol. The number of carboxylic acid groups (broad SMARTS) is 1. The Morgan fingerprint density at radius 2 is 2.07 bits per heavy atom. The second kappa shape index (κ2) is 3.21. The van der Waals surface area contributed by atoms with Crippen LogP contribution in [0.15, 0.2) is 12.1 Å². The number of nitrogens with zero attached hydrogens (tertiary/aromatic N) is 1. The molecule has 0 saturated carbocycles. The van der Waals surface area contributed by atoms with Crippen molar-refractivity contribution in [2.75, 3.05) is 5.73 Å². The Morgan fingerprint density at radius 3 is 2.50 bits per heavy atom. The number of hydrogen-bond acceptors (Lipinski definition) is 5. The highest BCUT2D eigenvalue weighted by Crippen LogP contribution is 2.33. The van der Waals surface area contributed by atoms with Gasteiger partial charge in [0, 0.05) is 6.07 Å². The Hall–Kier alpha value is -2.31. The lowest BCUT2D eigenvalue weighted by atomic mass is 10.1. The second-order valence-corrected chi connectivity index (χ2v) is 2.46. The molecule has 1 rings (SSSR count). The third-order valence-corrected chi connectivity index (χ3v) is 1.62. The standard InChI is InChI=1S/C7H6N2O5/c8-5-4(9(13)14)2-1-3(6(5)10)7(11)12/h1-2,10H,8H2,(H,11,12). The Kier molecular flexibility index (Phi) is 2.24. The minimum absolute atomic E-state index is 0.465. The number of anilines is 1. The molecule has 0 unspecified atom stereocenters. The summed E-state index contributed by atoms with van der Waals surface area (Å²) in [5.41, 5.74) is 3.64. The van der Waals surface area contributed by atoms with E-state index in [0.29, 0.717) is 0 Å². The molecule has 1 aromatic rings. The molecule has 0 aliphatic heterocycles. The van der Waals surface area contributed by atoms with Gasteiger partial charge in [-0.25, -0.2) is 4.79 Å². The minimum Gasteiger partial charge on any atom is -0.505 e. The molecule has 1 aromatic carbocycles. The van der Waals surface area contributed by atoms with Gasteiger partial charge in [0.1, 0.15) is 5.56 Å². The Morgan fingerprint density at radius 1 is 1.50 bits per heavy atom. The van der Waals surface area contributed by atoms with E-state index in [9.17, 15) is 20.0 Å². The Bertz CT molecular complexity index is 376. The van der Waals surface area contributed by atoms with Crippen LogP contribution in [-0.2, 0) is 0 Å². The fraction of sp³-hybridized carbons (Fsp3) is 0. The van der Waals surface area contributed by atoms with Crippen molar-refractivity contribution in [3.8, 4) is 5.75 Å². The summed E-state index contributed by atoms with van der Waals surface area (Å²) in [4.78, 5) is 20.0. The van der Waals surface area contributed by atoms with Crippen molar-refractivity contribution in [1.29, 1.82) is 0 Å². The van der Waals surface area contributed by atoms with Crippen LogP contribution in [0.4, 0.5) is 11.4 Å². The summed E-state index contributed by atoms with van der Waals surface area (Å²) in [6.07, 6.45) is 0. The first-order chi connectivity index (χ1) is 6.45. The summed E-state index contributed by atoms with van der Waals surface area (Å²) in [7, 11) is 0. The molecule has 0 amide bonds. The molecule has 0 aromatic heterocycles. The van der Waals surface area contributed by atoms with Gasteiger partial charge in [-0.15, -0.1) is 0 Å². The van der Waals surface area contributed by atoms with Gasteiger partial charge in [0.05, 0.1) is 4.92 Å². The number of nitrogens with two attached hydrogens (primary N) is 1. The third-order valence-electron chi connectivity index (χ3n) is 1.62. The van der Waals surface area contributed by atoms with E-state index in [2.05, 4.69) is 0 Å². The molecule has 14 heavy (non-hydrogen) atoms. The fourth-order valence-electron chi connectivity index (χ4n) is 0.929. The Balaban J connectivity index is 3.41. The number of hydrogen-bond donors (Lipinski definition) is 3. The smallest absolute Gasteiger partial charge is 0.339 e. The molecule has 0 radical (unpaired) electrons. The summed E-state index contributed by atoms with van der Waals surface area (Å²) >= 11 is 0. The van der Waals surface area contributed by atoms with Crippen molar-refractivity contribution in [1.82, 2.24) is 0 Å². The van der Waals surface area contributed by atoms with E-state index in [0.717, 1.165) is 12.1 Å². The predicted octanol–water partition coefficient (Wildman–Crippen LogP) is 0.581. The van der Waals surface area contributed by atoms with Gasteiger partial charge in [-0.1, -0.05) is 0 Å². The first-order valence-corrected chi connectivity index (χ1v) is 3.44. The molecule has 4 N–H and O–H groups in total. The average Bonchev–Trinajstić information content (AvgIpc) is 2.08. The molecule has 0 heterocycles. The number of nitro benzene ring substituents is 1. The highest BCUT2D eigenvalue weighted by Gasteiger charge is 2.20. The zero-order valence-corrected chi connectivity index (χ0v) is 6.80. The number of rotatable bonds is 2. The quantitative estimate of drug-likeness (QED) is 0.276. The van der Waals surface area contributed by atoms with Crippen LogP contribution in [-0.4, -0.2) is 21.1 Å². The van der Waals surface area contributed by atoms with Crippen molar-refractivity contribution in [3.63, 3.8) is 0 Å². The van der Waals surface area contributed by atoms with E-state index in [1.807, 2.05) is 0 Å². The van der Waals surface area contributed by atoms with Crippen molar-refractivity contribution >= 4 is 17.3 Å². The topological polar surface area (TPSA) is 127 Å². The number of benzene rings is 1. The number of carboxylic acids is 1. The van der Waals surface area contributed by atoms with E-state index in [1.165, 1.54) is 0 Å². The van der Waals surface area contributed by atoms with Crippen molar-refractivity contribution in [2.45, 2.75) is 0 Å². The maximum absolute atomic E-state index is 10.5. The van der Waals surface area contributed by atoms with Crippen molar-refractivity contribution < 1.29 is 19.9 Å². The van der Waals surface area contributed by atoms with E-state index < -0.39 is 33.6 Å². The molecular formula is C7H6N2O5. The molecule has 0 fully saturated rings. The minimum atomic E-state index is -1.40. The molecule has 0 spiro atoms. The first kappa shape index (κ1) is 9.78. The van der Waals surface area contributed by atoms with Crippen LogP contribution in [0.25, 0.3) is 0 Å². The summed E-state index contributed by atoms with van der Waals surface area (Å²) < 4.78 is 0. The van der Waals surface area contributed by atoms with Crippen LogP contribution in [0.5, 0.6) is 5.75 Å². The second-order valence-electron chi connectivity index (χ2n) is 2.46. The first-order valence-electron chi connectivity index (χ1n) is 3.44. The van der Waals surface area contributed by atoms with Crippen molar-refractivity contribution in [3.05, 3.63) is 27.8 Å². The van der Waals surface area contributed by atoms with Gasteiger partial charge in [-0.05, 0) is 6.07 Å². The molecule has 7 heteroatoms. The zero-order chi connectivity index (χ0) is 10.9. The van der Waals surface area contributed by atoms with Crippen molar-refractivity contribution in [2.24, 2.45) is 0 Å². The largest absolute Gasteiger partial charge is 0.505 e. The van der Waals surface area contributed by atoms with Gasteiger partial charge in [-0.2, -0.15) is 0 Å². The summed E-state index contributed by atoms with van der Waals surface area (Å²) in [6.45, 7) is 0. The van der Waals surface area contributed by atoms with Crippen LogP contribution in [0.2, 0.25) is 0 Å². The lowest BCUT2D eigenvalue weighted by Gasteiger charge is -2.02. The van der Waals surface area contributed by atoms with Crippen LogP contribution in [0.1, 0.15) is 10.4 Å². The molecule has 0 atom stereocenters. The lowest BCUT2D eigenvalue weighted by molar-refractivity contribution is -0.384. The van der Waals surface area contributed by atoms with Crippen LogP contribution in [0, 0.1) is 10.1 Å². The van der Waals surface area contributed by atoms with E-state index in [4.69, 9.17) is 10.8 Å². The van der Waals surface area contributed by atoms with E-state index in [-0.39, 0.29) is 0 Å². The number of nitrogen functional groups attached to an aromatic ring is 1. The molecular weight excluding hydrogens is 192 g/mol. The molecule has 0 bridgehead atoms. The third kappa shape index (κ3) is 1.42. The van der Waals surface area contributed by atoms with Gasteiger partial charge < -0.3 is 15.9 Å². The number of phenols is 1. The van der Waals surface area contributed by atoms with Gasteiger partial charge >= 0.3 is 5.97 Å². The van der Waals surface area contributed by atoms with E-state index >= 15 is 0 Å². The highest BCUT2D eigenvalue weighted by molar-refractivity contribution is 5.94. The summed E-state index contributed by atoms with van der Waals surface area (Å²) in [5, 5.41) is 28.0.